The van der Waals surface area contributed by atoms with Crippen LogP contribution in [-0.4, -0.2) is 18.2 Å². The maximum Gasteiger partial charge on any atom is 0.166 e. The van der Waals surface area contributed by atoms with Gasteiger partial charge in [-0.2, -0.15) is 0 Å². The van der Waals surface area contributed by atoms with Crippen LogP contribution in [0.4, 0.5) is 0 Å². The van der Waals surface area contributed by atoms with Gasteiger partial charge in [0.05, 0.1) is 0 Å². The van der Waals surface area contributed by atoms with E-state index in [0.717, 1.165) is 36.0 Å². The van der Waals surface area contributed by atoms with Crippen molar-refractivity contribution in [2.45, 2.75) is 58.3 Å². The number of hydrogen-bond acceptors (Lipinski definition) is 1. The molecule has 4 fully saturated rings. The molecular weight excluding hydrogens is 252 g/mol. The standard InChI is InChI=1S/C16H28N2S/c1-2-3-4-17-15(19)18-11-16-8-12-5-13(9-16)7-14(6-12)10-16/h12-14H,2-11H2,1H3,(H2,17,18,19). The van der Waals surface area contributed by atoms with Gasteiger partial charge < -0.3 is 10.6 Å². The predicted molar refractivity (Wildman–Crippen MR) is 84.1 cm³/mol. The highest BCUT2D eigenvalue weighted by atomic mass is 32.1. The molecule has 0 atom stereocenters. The SMILES string of the molecule is CCCCNC(=S)NCC12CC3CC(CC(C3)C1)C2. The first kappa shape index (κ1) is 13.7. The number of nitrogens with one attached hydrogen (secondary N) is 2. The monoisotopic (exact) mass is 280 g/mol. The van der Waals surface area contributed by atoms with Crippen LogP contribution in [-0.2, 0) is 0 Å². The van der Waals surface area contributed by atoms with Crippen LogP contribution >= 0.6 is 12.2 Å². The third-order valence-electron chi connectivity index (χ3n) is 5.60. The molecule has 0 aromatic rings. The van der Waals surface area contributed by atoms with E-state index in [4.69, 9.17) is 12.2 Å². The van der Waals surface area contributed by atoms with Crippen LogP contribution < -0.4 is 10.6 Å². The molecule has 3 heteroatoms. The van der Waals surface area contributed by atoms with Crippen molar-refractivity contribution in [3.05, 3.63) is 0 Å². The van der Waals surface area contributed by atoms with Crippen molar-refractivity contribution < 1.29 is 0 Å². The Morgan fingerprint density at radius 2 is 1.63 bits per heavy atom. The van der Waals surface area contributed by atoms with Crippen molar-refractivity contribution in [3.63, 3.8) is 0 Å². The minimum atomic E-state index is 0.589. The van der Waals surface area contributed by atoms with Gasteiger partial charge >= 0.3 is 0 Å². The lowest BCUT2D eigenvalue weighted by atomic mass is 9.49. The van der Waals surface area contributed by atoms with E-state index in [0.29, 0.717) is 5.41 Å². The molecule has 19 heavy (non-hydrogen) atoms. The van der Waals surface area contributed by atoms with Crippen LogP contribution in [0.1, 0.15) is 58.3 Å². The number of unbranched alkanes of at least 4 members (excludes halogenated alkanes) is 1. The van der Waals surface area contributed by atoms with Crippen molar-refractivity contribution in [2.24, 2.45) is 23.2 Å². The Labute approximate surface area is 123 Å². The fourth-order valence-corrected chi connectivity index (χ4v) is 5.39. The van der Waals surface area contributed by atoms with Crippen LogP contribution in [0.5, 0.6) is 0 Å². The van der Waals surface area contributed by atoms with Crippen LogP contribution in [0, 0.1) is 23.2 Å². The fourth-order valence-electron chi connectivity index (χ4n) is 5.22. The van der Waals surface area contributed by atoms with E-state index in [1.807, 2.05) is 0 Å². The molecule has 4 aliphatic rings. The first-order valence-corrected chi connectivity index (χ1v) is 8.62. The fraction of sp³-hybridized carbons (Fsp3) is 0.938. The molecule has 4 aliphatic carbocycles. The molecular formula is C16H28N2S. The van der Waals surface area contributed by atoms with Gasteiger partial charge in [-0.25, -0.2) is 0 Å². The van der Waals surface area contributed by atoms with Gasteiger partial charge in [-0.3, -0.25) is 0 Å². The van der Waals surface area contributed by atoms with Crippen molar-refractivity contribution in [1.29, 1.82) is 0 Å². The van der Waals surface area contributed by atoms with Crippen LogP contribution in [0.3, 0.4) is 0 Å². The van der Waals surface area contributed by atoms with E-state index >= 15 is 0 Å². The molecule has 0 saturated heterocycles. The summed E-state index contributed by atoms with van der Waals surface area (Å²) < 4.78 is 0. The lowest BCUT2D eigenvalue weighted by Crippen LogP contribution is -2.52. The van der Waals surface area contributed by atoms with Gasteiger partial charge in [0.15, 0.2) is 5.11 Å². The van der Waals surface area contributed by atoms with E-state index in [1.165, 1.54) is 51.4 Å². The molecule has 0 heterocycles. The molecule has 2 nitrogen and oxygen atoms in total. The summed E-state index contributed by atoms with van der Waals surface area (Å²) in [5.74, 6) is 3.11. The largest absolute Gasteiger partial charge is 0.363 e. The van der Waals surface area contributed by atoms with Crippen molar-refractivity contribution in [2.75, 3.05) is 13.1 Å². The number of hydrogen-bond donors (Lipinski definition) is 2. The Hall–Kier alpha value is -0.310. The summed E-state index contributed by atoms with van der Waals surface area (Å²) in [5, 5.41) is 7.73. The zero-order valence-electron chi connectivity index (χ0n) is 12.2. The highest BCUT2D eigenvalue weighted by Crippen LogP contribution is 2.59. The van der Waals surface area contributed by atoms with Gasteiger partial charge in [0.2, 0.25) is 0 Å². The second-order valence-electron chi connectivity index (χ2n) is 7.38. The highest BCUT2D eigenvalue weighted by molar-refractivity contribution is 7.80. The second-order valence-corrected chi connectivity index (χ2v) is 7.79. The minimum Gasteiger partial charge on any atom is -0.363 e. The third kappa shape index (κ3) is 3.07. The molecule has 0 radical (unpaired) electrons. The second kappa shape index (κ2) is 5.59. The number of thiocarbonyl (C=S) groups is 1. The Balaban J connectivity index is 1.48. The Morgan fingerprint density at radius 1 is 1.05 bits per heavy atom. The van der Waals surface area contributed by atoms with Gasteiger partial charge in [0, 0.05) is 13.1 Å². The predicted octanol–water partition coefficient (Wildman–Crippen LogP) is 3.47. The molecule has 4 bridgehead atoms. The highest BCUT2D eigenvalue weighted by Gasteiger charge is 2.50. The summed E-state index contributed by atoms with van der Waals surface area (Å²) >= 11 is 5.40. The zero-order valence-corrected chi connectivity index (χ0v) is 13.0. The van der Waals surface area contributed by atoms with E-state index in [1.54, 1.807) is 0 Å². The summed E-state index contributed by atoms with van der Waals surface area (Å²) in [7, 11) is 0. The van der Waals surface area contributed by atoms with E-state index in [-0.39, 0.29) is 0 Å². The van der Waals surface area contributed by atoms with Crippen molar-refractivity contribution in [3.8, 4) is 0 Å². The zero-order chi connectivity index (χ0) is 13.3. The maximum atomic E-state index is 5.40. The van der Waals surface area contributed by atoms with E-state index in [9.17, 15) is 0 Å². The summed E-state index contributed by atoms with van der Waals surface area (Å²) in [6.45, 7) is 4.35. The molecule has 0 aliphatic heterocycles. The third-order valence-corrected chi connectivity index (χ3v) is 5.89. The van der Waals surface area contributed by atoms with Gasteiger partial charge in [0.25, 0.3) is 0 Å². The molecule has 0 unspecified atom stereocenters. The normalized spacial score (nSPS) is 39.3. The summed E-state index contributed by atoms with van der Waals surface area (Å²) in [4.78, 5) is 0. The summed E-state index contributed by atoms with van der Waals surface area (Å²) in [5.41, 5.74) is 0.589. The quantitative estimate of drug-likeness (QED) is 0.596. The van der Waals surface area contributed by atoms with Crippen molar-refractivity contribution in [1.82, 2.24) is 10.6 Å². The van der Waals surface area contributed by atoms with Gasteiger partial charge in [0.1, 0.15) is 0 Å². The first-order chi connectivity index (χ1) is 9.19. The van der Waals surface area contributed by atoms with Gasteiger partial charge in [-0.1, -0.05) is 13.3 Å². The van der Waals surface area contributed by atoms with E-state index < -0.39 is 0 Å². The molecule has 0 aromatic carbocycles. The number of rotatable bonds is 5. The molecule has 0 aromatic heterocycles. The van der Waals surface area contributed by atoms with Gasteiger partial charge in [-0.05, 0) is 80.3 Å². The average molecular weight is 280 g/mol. The molecule has 0 amide bonds. The lowest BCUT2D eigenvalue weighted by molar-refractivity contribution is -0.0491. The summed E-state index contributed by atoms with van der Waals surface area (Å²) in [6.07, 6.45) is 11.4. The Kier molecular flexibility index (Phi) is 4.02. The Bertz CT molecular complexity index is 304. The lowest BCUT2D eigenvalue weighted by Gasteiger charge is -2.57. The van der Waals surface area contributed by atoms with Crippen LogP contribution in [0.15, 0.2) is 0 Å². The maximum absolute atomic E-state index is 5.40. The van der Waals surface area contributed by atoms with Crippen LogP contribution in [0.2, 0.25) is 0 Å². The topological polar surface area (TPSA) is 24.1 Å². The van der Waals surface area contributed by atoms with Crippen LogP contribution in [0.25, 0.3) is 0 Å². The molecule has 2 N–H and O–H groups in total. The molecule has 0 spiro atoms. The molecule has 4 rings (SSSR count). The smallest absolute Gasteiger partial charge is 0.166 e. The first-order valence-electron chi connectivity index (χ1n) is 8.21. The molecule has 4 saturated carbocycles. The Morgan fingerprint density at radius 3 is 2.16 bits per heavy atom. The molecule has 108 valence electrons. The average Bonchev–Trinajstić information content (AvgIpc) is 2.35. The summed E-state index contributed by atoms with van der Waals surface area (Å²) in [6, 6.07) is 0. The van der Waals surface area contributed by atoms with Gasteiger partial charge in [-0.15, -0.1) is 0 Å². The minimum absolute atomic E-state index is 0.589. The van der Waals surface area contributed by atoms with E-state index in [2.05, 4.69) is 17.6 Å². The van der Waals surface area contributed by atoms with Crippen molar-refractivity contribution >= 4 is 17.3 Å².